The Labute approximate surface area is 100 Å². The number of rotatable bonds is 3. The minimum atomic E-state index is -3.94. The van der Waals surface area contributed by atoms with Gasteiger partial charge in [0.2, 0.25) is 5.91 Å². The molecule has 0 fully saturated rings. The lowest BCUT2D eigenvalue weighted by Gasteiger charge is -2.06. The standard InChI is InChI=1S/C8H8BrFN2O3S/c1-5(13)11-12-16(14,15)6-2-3-7(9)8(10)4-6/h2-4,12H,1H3,(H,11,13). The maximum Gasteiger partial charge on any atom is 0.257 e. The zero-order valence-electron chi connectivity index (χ0n) is 8.12. The van der Waals surface area contributed by atoms with Crippen molar-refractivity contribution in [2.24, 2.45) is 0 Å². The summed E-state index contributed by atoms with van der Waals surface area (Å²) in [5.74, 6) is -1.27. The van der Waals surface area contributed by atoms with Crippen LogP contribution in [-0.4, -0.2) is 14.3 Å². The van der Waals surface area contributed by atoms with Crippen LogP contribution in [0, 0.1) is 5.82 Å². The first-order valence-electron chi connectivity index (χ1n) is 4.06. The molecular formula is C8H8BrFN2O3S. The highest BCUT2D eigenvalue weighted by atomic mass is 79.9. The Kier molecular flexibility index (Phi) is 4.00. The molecule has 1 aromatic rings. The Morgan fingerprint density at radius 3 is 2.56 bits per heavy atom. The summed E-state index contributed by atoms with van der Waals surface area (Å²) in [7, 11) is -3.94. The SMILES string of the molecule is CC(=O)NNS(=O)(=O)c1ccc(Br)c(F)c1. The predicted octanol–water partition coefficient (Wildman–Crippen LogP) is 0.918. The molecule has 2 N–H and O–H groups in total. The molecule has 0 spiro atoms. The molecule has 0 saturated carbocycles. The number of amides is 1. The van der Waals surface area contributed by atoms with Gasteiger partial charge in [-0.05, 0) is 34.1 Å². The fraction of sp³-hybridized carbons (Fsp3) is 0.125. The monoisotopic (exact) mass is 310 g/mol. The van der Waals surface area contributed by atoms with E-state index in [9.17, 15) is 17.6 Å². The molecule has 0 radical (unpaired) electrons. The van der Waals surface area contributed by atoms with Crippen LogP contribution in [0.3, 0.4) is 0 Å². The summed E-state index contributed by atoms with van der Waals surface area (Å²) in [4.78, 5) is 12.1. The van der Waals surface area contributed by atoms with Crippen molar-refractivity contribution in [3.8, 4) is 0 Å². The van der Waals surface area contributed by atoms with Gasteiger partial charge in [-0.15, -0.1) is 4.83 Å². The van der Waals surface area contributed by atoms with Crippen LogP contribution < -0.4 is 10.3 Å². The van der Waals surface area contributed by atoms with E-state index >= 15 is 0 Å². The molecule has 8 heteroatoms. The average Bonchev–Trinajstić information content (AvgIpc) is 2.19. The zero-order valence-corrected chi connectivity index (χ0v) is 10.5. The largest absolute Gasteiger partial charge is 0.278 e. The van der Waals surface area contributed by atoms with Crippen LogP contribution in [0.2, 0.25) is 0 Å². The van der Waals surface area contributed by atoms with Crippen LogP contribution in [0.4, 0.5) is 4.39 Å². The average molecular weight is 311 g/mol. The van der Waals surface area contributed by atoms with Crippen molar-refractivity contribution in [2.45, 2.75) is 11.8 Å². The number of carbonyl (C=O) groups excluding carboxylic acids is 1. The normalized spacial score (nSPS) is 11.2. The van der Waals surface area contributed by atoms with E-state index in [-0.39, 0.29) is 9.37 Å². The third-order valence-electron chi connectivity index (χ3n) is 1.56. The molecule has 0 saturated heterocycles. The van der Waals surface area contributed by atoms with Crippen molar-refractivity contribution in [2.75, 3.05) is 0 Å². The predicted molar refractivity (Wildman–Crippen MR) is 58.2 cm³/mol. The number of hydrazine groups is 1. The van der Waals surface area contributed by atoms with E-state index in [0.717, 1.165) is 13.0 Å². The lowest BCUT2D eigenvalue weighted by molar-refractivity contribution is -0.119. The topological polar surface area (TPSA) is 75.3 Å². The van der Waals surface area contributed by atoms with Crippen molar-refractivity contribution >= 4 is 31.9 Å². The van der Waals surface area contributed by atoms with Crippen LogP contribution in [0.5, 0.6) is 0 Å². The van der Waals surface area contributed by atoms with Crippen molar-refractivity contribution in [3.63, 3.8) is 0 Å². The van der Waals surface area contributed by atoms with E-state index in [1.807, 2.05) is 10.3 Å². The van der Waals surface area contributed by atoms with Crippen molar-refractivity contribution < 1.29 is 17.6 Å². The molecule has 0 aromatic heterocycles. The van der Waals surface area contributed by atoms with Crippen LogP contribution in [0.15, 0.2) is 27.6 Å². The highest BCUT2D eigenvalue weighted by molar-refractivity contribution is 9.10. The number of nitrogens with one attached hydrogen (secondary N) is 2. The van der Waals surface area contributed by atoms with E-state index in [0.29, 0.717) is 0 Å². The second kappa shape index (κ2) is 4.89. The first-order chi connectivity index (χ1) is 7.33. The van der Waals surface area contributed by atoms with E-state index in [4.69, 9.17) is 0 Å². The van der Waals surface area contributed by atoms with Gasteiger partial charge in [-0.1, -0.05) is 0 Å². The maximum absolute atomic E-state index is 13.1. The molecule has 1 amide bonds. The van der Waals surface area contributed by atoms with Gasteiger partial charge in [-0.25, -0.2) is 12.8 Å². The summed E-state index contributed by atoms with van der Waals surface area (Å²) in [6.07, 6.45) is 0. The van der Waals surface area contributed by atoms with Gasteiger partial charge in [0.15, 0.2) is 0 Å². The molecule has 0 bridgehead atoms. The third-order valence-corrected chi connectivity index (χ3v) is 3.45. The molecule has 0 aliphatic carbocycles. The lowest BCUT2D eigenvalue weighted by atomic mass is 10.3. The molecule has 1 aromatic carbocycles. The van der Waals surface area contributed by atoms with Crippen molar-refractivity contribution in [3.05, 3.63) is 28.5 Å². The minimum absolute atomic E-state index is 0.158. The number of halogens is 2. The molecule has 0 heterocycles. The summed E-state index contributed by atoms with van der Waals surface area (Å²) >= 11 is 2.90. The third kappa shape index (κ3) is 3.26. The number of benzene rings is 1. The summed E-state index contributed by atoms with van der Waals surface area (Å²) in [6.45, 7) is 1.14. The van der Waals surface area contributed by atoms with Crippen LogP contribution >= 0.6 is 15.9 Å². The quantitative estimate of drug-likeness (QED) is 0.815. The Morgan fingerprint density at radius 1 is 1.44 bits per heavy atom. The Morgan fingerprint density at radius 2 is 2.06 bits per heavy atom. The Balaban J connectivity index is 2.99. The maximum atomic E-state index is 13.1. The van der Waals surface area contributed by atoms with Crippen LogP contribution in [-0.2, 0) is 14.8 Å². The summed E-state index contributed by atoms with van der Waals surface area (Å²) in [5, 5.41) is 0. The van der Waals surface area contributed by atoms with Gasteiger partial charge in [-0.3, -0.25) is 10.2 Å². The molecular weight excluding hydrogens is 303 g/mol. The van der Waals surface area contributed by atoms with Gasteiger partial charge in [0.05, 0.1) is 9.37 Å². The highest BCUT2D eigenvalue weighted by Gasteiger charge is 2.15. The van der Waals surface area contributed by atoms with E-state index in [1.165, 1.54) is 12.1 Å². The molecule has 5 nitrogen and oxygen atoms in total. The summed E-state index contributed by atoms with van der Waals surface area (Å²) in [5.41, 5.74) is 1.91. The van der Waals surface area contributed by atoms with Gasteiger partial charge >= 0.3 is 0 Å². The van der Waals surface area contributed by atoms with Crippen molar-refractivity contribution in [1.82, 2.24) is 10.3 Å². The number of carbonyl (C=O) groups is 1. The molecule has 88 valence electrons. The molecule has 16 heavy (non-hydrogen) atoms. The summed E-state index contributed by atoms with van der Waals surface area (Å²) in [6, 6.07) is 3.31. The zero-order chi connectivity index (χ0) is 12.3. The number of sulfonamides is 1. The molecule has 0 aliphatic heterocycles. The second-order valence-electron chi connectivity index (χ2n) is 2.86. The van der Waals surface area contributed by atoms with Gasteiger partial charge in [0.25, 0.3) is 10.0 Å². The van der Waals surface area contributed by atoms with Crippen LogP contribution in [0.1, 0.15) is 6.92 Å². The fourth-order valence-electron chi connectivity index (χ4n) is 0.842. The first-order valence-corrected chi connectivity index (χ1v) is 6.34. The molecule has 0 unspecified atom stereocenters. The van der Waals surface area contributed by atoms with Crippen LogP contribution in [0.25, 0.3) is 0 Å². The Hall–Kier alpha value is -0.990. The van der Waals surface area contributed by atoms with Gasteiger partial charge in [0, 0.05) is 6.92 Å². The molecule has 0 atom stereocenters. The van der Waals surface area contributed by atoms with Gasteiger partial charge in [-0.2, -0.15) is 0 Å². The van der Waals surface area contributed by atoms with Crippen molar-refractivity contribution in [1.29, 1.82) is 0 Å². The Bertz CT molecular complexity index is 518. The number of hydrogen-bond donors (Lipinski definition) is 2. The highest BCUT2D eigenvalue weighted by Crippen LogP contribution is 2.18. The summed E-state index contributed by atoms with van der Waals surface area (Å²) < 4.78 is 36.2. The van der Waals surface area contributed by atoms with Gasteiger partial charge in [0.1, 0.15) is 5.82 Å². The smallest absolute Gasteiger partial charge is 0.257 e. The molecule has 1 rings (SSSR count). The lowest BCUT2D eigenvalue weighted by Crippen LogP contribution is -2.40. The number of hydrogen-bond acceptors (Lipinski definition) is 3. The van der Waals surface area contributed by atoms with E-state index in [2.05, 4.69) is 15.9 Å². The van der Waals surface area contributed by atoms with Gasteiger partial charge < -0.3 is 0 Å². The molecule has 0 aliphatic rings. The van der Waals surface area contributed by atoms with E-state index < -0.39 is 21.7 Å². The first kappa shape index (κ1) is 13.1. The fourth-order valence-corrected chi connectivity index (χ4v) is 1.99. The minimum Gasteiger partial charge on any atom is -0.278 e. The van der Waals surface area contributed by atoms with E-state index in [1.54, 1.807) is 0 Å². The second-order valence-corrected chi connectivity index (χ2v) is 5.40.